The highest BCUT2D eigenvalue weighted by Crippen LogP contribution is 2.51. The van der Waals surface area contributed by atoms with E-state index in [1.807, 2.05) is 30.3 Å². The molecule has 2 aromatic carbocycles. The smallest absolute Gasteiger partial charge is 0.180 e. The van der Waals surface area contributed by atoms with Crippen LogP contribution in [0.2, 0.25) is 5.02 Å². The molecule has 134 valence electrons. The number of ether oxygens (including phenoxy) is 2. The van der Waals surface area contributed by atoms with Crippen molar-refractivity contribution in [3.8, 4) is 11.5 Å². The Balaban J connectivity index is 1.58. The maximum Gasteiger partial charge on any atom is 0.180 e. The molecule has 1 atom stereocenters. The lowest BCUT2D eigenvalue weighted by Gasteiger charge is -2.46. The maximum absolute atomic E-state index is 6.52. The Labute approximate surface area is 158 Å². The Morgan fingerprint density at radius 3 is 2.65 bits per heavy atom. The average Bonchev–Trinajstić information content (AvgIpc) is 3.31. The Morgan fingerprint density at radius 2 is 1.92 bits per heavy atom. The third-order valence-electron chi connectivity index (χ3n) is 5.66. The third kappa shape index (κ3) is 2.40. The van der Waals surface area contributed by atoms with Gasteiger partial charge in [-0.15, -0.1) is 0 Å². The first-order valence-corrected chi connectivity index (χ1v) is 9.47. The second-order valence-electron chi connectivity index (χ2n) is 7.17. The van der Waals surface area contributed by atoms with Crippen molar-refractivity contribution in [2.24, 2.45) is 0 Å². The van der Waals surface area contributed by atoms with Crippen LogP contribution in [0.5, 0.6) is 11.5 Å². The molecule has 1 aliphatic carbocycles. The lowest BCUT2D eigenvalue weighted by molar-refractivity contribution is -0.125. The molecule has 4 nitrogen and oxygen atoms in total. The average molecular weight is 369 g/mol. The first kappa shape index (κ1) is 16.0. The van der Waals surface area contributed by atoms with Gasteiger partial charge in [-0.2, -0.15) is 5.01 Å². The van der Waals surface area contributed by atoms with Crippen LogP contribution in [-0.2, 0) is 0 Å². The van der Waals surface area contributed by atoms with Crippen LogP contribution in [0.25, 0.3) is 5.70 Å². The lowest BCUT2D eigenvalue weighted by atomic mass is 9.98. The predicted molar refractivity (Wildman–Crippen MR) is 102 cm³/mol. The molecule has 1 spiro atoms. The van der Waals surface area contributed by atoms with Crippen LogP contribution in [-0.4, -0.2) is 17.8 Å². The quantitative estimate of drug-likeness (QED) is 0.816. The van der Waals surface area contributed by atoms with E-state index >= 15 is 0 Å². The van der Waals surface area contributed by atoms with Crippen LogP contribution in [0.3, 0.4) is 0 Å². The van der Waals surface area contributed by atoms with Crippen LogP contribution >= 0.6 is 11.6 Å². The molecule has 2 aromatic rings. The Hall–Kier alpha value is -2.17. The Kier molecular flexibility index (Phi) is 3.66. The summed E-state index contributed by atoms with van der Waals surface area (Å²) < 4.78 is 11.8. The van der Waals surface area contributed by atoms with E-state index in [4.69, 9.17) is 21.1 Å². The fraction of sp³-hybridized carbons (Fsp3) is 0.333. The summed E-state index contributed by atoms with van der Waals surface area (Å²) >= 11 is 6.28. The molecule has 0 saturated heterocycles. The van der Waals surface area contributed by atoms with Gasteiger partial charge in [-0.1, -0.05) is 11.6 Å². The number of halogens is 1. The molecular formula is C21H21ClN2O2. The van der Waals surface area contributed by atoms with Gasteiger partial charge in [0, 0.05) is 23.4 Å². The van der Waals surface area contributed by atoms with Gasteiger partial charge in [-0.25, -0.2) is 0 Å². The Bertz CT molecular complexity index is 872. The summed E-state index contributed by atoms with van der Waals surface area (Å²) in [6.07, 6.45) is 6.71. The summed E-state index contributed by atoms with van der Waals surface area (Å²) in [5.41, 5.74) is 6.69. The van der Waals surface area contributed by atoms with Crippen LogP contribution in [0.15, 0.2) is 48.5 Å². The summed E-state index contributed by atoms with van der Waals surface area (Å²) in [5, 5.41) is 3.03. The molecule has 0 unspecified atom stereocenters. The van der Waals surface area contributed by atoms with E-state index in [2.05, 4.69) is 28.6 Å². The van der Waals surface area contributed by atoms with Crippen molar-refractivity contribution >= 4 is 17.3 Å². The monoisotopic (exact) mass is 368 g/mol. The molecule has 1 saturated carbocycles. The summed E-state index contributed by atoms with van der Waals surface area (Å²) in [7, 11) is 1.68. The van der Waals surface area contributed by atoms with Crippen molar-refractivity contribution in [2.45, 2.75) is 37.5 Å². The standard InChI is InChI=1S/C21H21ClN2O2/c1-25-16-7-4-14(5-8-16)18-13-19-17-12-15(22)6-9-20(17)26-21(24(19)23-18)10-2-3-11-21/h4-9,12-13,19,23H,2-3,10-11H2,1H3/t19-/m1/s1. The minimum atomic E-state index is -0.282. The van der Waals surface area contributed by atoms with Gasteiger partial charge in [0.25, 0.3) is 0 Å². The summed E-state index contributed by atoms with van der Waals surface area (Å²) in [6.45, 7) is 0. The van der Waals surface area contributed by atoms with E-state index in [-0.39, 0.29) is 11.8 Å². The van der Waals surface area contributed by atoms with Crippen LogP contribution in [0, 0.1) is 0 Å². The number of fused-ring (bicyclic) bond motifs is 4. The summed E-state index contributed by atoms with van der Waals surface area (Å²) in [5.74, 6) is 1.81. The topological polar surface area (TPSA) is 33.7 Å². The largest absolute Gasteiger partial charge is 0.497 e. The molecule has 26 heavy (non-hydrogen) atoms. The van der Waals surface area contributed by atoms with Crippen molar-refractivity contribution in [2.75, 3.05) is 7.11 Å². The van der Waals surface area contributed by atoms with Gasteiger partial charge < -0.3 is 14.9 Å². The number of hydrogen-bond acceptors (Lipinski definition) is 4. The SMILES string of the molecule is COc1ccc(C2=C[C@@H]3c4cc(Cl)ccc4OC4(CCCC4)N3N2)cc1. The van der Waals surface area contributed by atoms with Gasteiger partial charge in [-0.05, 0) is 66.9 Å². The fourth-order valence-electron chi connectivity index (χ4n) is 4.35. The van der Waals surface area contributed by atoms with Crippen LogP contribution in [0.1, 0.15) is 42.9 Å². The third-order valence-corrected chi connectivity index (χ3v) is 5.89. The van der Waals surface area contributed by atoms with Gasteiger partial charge in [0.15, 0.2) is 5.72 Å². The van der Waals surface area contributed by atoms with Gasteiger partial charge in [0.1, 0.15) is 11.5 Å². The zero-order valence-electron chi connectivity index (χ0n) is 14.7. The van der Waals surface area contributed by atoms with Crippen molar-refractivity contribution in [1.82, 2.24) is 10.4 Å². The number of nitrogens with one attached hydrogen (secondary N) is 1. The van der Waals surface area contributed by atoms with E-state index in [9.17, 15) is 0 Å². The van der Waals surface area contributed by atoms with Gasteiger partial charge in [0.2, 0.25) is 0 Å². The summed E-state index contributed by atoms with van der Waals surface area (Å²) in [6, 6.07) is 14.2. The molecule has 3 aliphatic rings. The Morgan fingerprint density at radius 1 is 1.15 bits per heavy atom. The maximum atomic E-state index is 6.52. The van der Waals surface area contributed by atoms with Crippen LogP contribution < -0.4 is 14.9 Å². The van der Waals surface area contributed by atoms with Crippen molar-refractivity contribution < 1.29 is 9.47 Å². The predicted octanol–water partition coefficient (Wildman–Crippen LogP) is 4.91. The van der Waals surface area contributed by atoms with E-state index in [0.717, 1.165) is 46.2 Å². The second kappa shape index (κ2) is 5.93. The van der Waals surface area contributed by atoms with Crippen molar-refractivity contribution in [1.29, 1.82) is 0 Å². The first-order valence-electron chi connectivity index (χ1n) is 9.09. The fourth-order valence-corrected chi connectivity index (χ4v) is 4.53. The van der Waals surface area contributed by atoms with E-state index < -0.39 is 0 Å². The molecule has 1 fully saturated rings. The number of rotatable bonds is 2. The highest BCUT2D eigenvalue weighted by Gasteiger charge is 2.51. The molecule has 0 aromatic heterocycles. The molecule has 0 amide bonds. The zero-order chi connectivity index (χ0) is 17.7. The van der Waals surface area contributed by atoms with E-state index in [1.165, 1.54) is 12.8 Å². The molecule has 5 rings (SSSR count). The van der Waals surface area contributed by atoms with Crippen molar-refractivity contribution in [3.05, 3.63) is 64.7 Å². The van der Waals surface area contributed by atoms with Gasteiger partial charge in [-0.3, -0.25) is 0 Å². The van der Waals surface area contributed by atoms with Crippen LogP contribution in [0.4, 0.5) is 0 Å². The number of benzene rings is 2. The molecule has 0 radical (unpaired) electrons. The molecule has 2 heterocycles. The second-order valence-corrected chi connectivity index (χ2v) is 7.61. The molecular weight excluding hydrogens is 348 g/mol. The number of nitrogens with zero attached hydrogens (tertiary/aromatic N) is 1. The zero-order valence-corrected chi connectivity index (χ0v) is 15.4. The first-order chi connectivity index (χ1) is 12.7. The molecule has 0 bridgehead atoms. The number of hydrogen-bond donors (Lipinski definition) is 1. The minimum Gasteiger partial charge on any atom is -0.497 e. The molecule has 2 aliphatic heterocycles. The number of methoxy groups -OCH3 is 1. The molecule has 5 heteroatoms. The molecule has 1 N–H and O–H groups in total. The van der Waals surface area contributed by atoms with Gasteiger partial charge >= 0.3 is 0 Å². The highest BCUT2D eigenvalue weighted by molar-refractivity contribution is 6.30. The lowest BCUT2D eigenvalue weighted by Crippen LogP contribution is -2.58. The van der Waals surface area contributed by atoms with E-state index in [1.54, 1.807) is 7.11 Å². The summed E-state index contributed by atoms with van der Waals surface area (Å²) in [4.78, 5) is 0. The minimum absolute atomic E-state index is 0.118. The number of hydrazine groups is 1. The highest BCUT2D eigenvalue weighted by atomic mass is 35.5. The van der Waals surface area contributed by atoms with Crippen molar-refractivity contribution in [3.63, 3.8) is 0 Å². The van der Waals surface area contributed by atoms with Gasteiger partial charge in [0.05, 0.1) is 18.8 Å². The van der Waals surface area contributed by atoms with E-state index in [0.29, 0.717) is 0 Å². The normalized spacial score (nSPS) is 23.0.